The normalized spacial score (nSPS) is 10.2. The molecule has 2 nitrogen and oxygen atoms in total. The molecule has 0 saturated heterocycles. The summed E-state index contributed by atoms with van der Waals surface area (Å²) in [4.78, 5) is 23.3. The van der Waals surface area contributed by atoms with E-state index >= 15 is 0 Å². The predicted molar refractivity (Wildman–Crippen MR) is 69.3 cm³/mol. The number of Topliss-reactive ketones (excluding diaryl/α,β-unsaturated/α-hetero) is 2. The number of benzene rings is 1. The maximum atomic E-state index is 11.8. The Labute approximate surface area is 103 Å². The summed E-state index contributed by atoms with van der Waals surface area (Å²) in [6.07, 6.45) is 3.64. The molecule has 1 aromatic carbocycles. The quantitative estimate of drug-likeness (QED) is 0.408. The Balaban J connectivity index is 2.43. The largest absolute Gasteiger partial charge is 0.299 e. The Hall–Kier alpha value is -1.44. The van der Waals surface area contributed by atoms with Crippen LogP contribution >= 0.6 is 0 Å². The summed E-state index contributed by atoms with van der Waals surface area (Å²) in [5.41, 5.74) is 1.76. The predicted octanol–water partition coefficient (Wildman–Crippen LogP) is 3.72. The molecule has 0 spiro atoms. The zero-order valence-electron chi connectivity index (χ0n) is 10.7. The molecule has 0 atom stereocenters. The van der Waals surface area contributed by atoms with E-state index in [1.165, 1.54) is 0 Å². The van der Waals surface area contributed by atoms with Gasteiger partial charge in [-0.2, -0.15) is 0 Å². The molecular weight excluding hydrogens is 212 g/mol. The van der Waals surface area contributed by atoms with E-state index in [1.54, 1.807) is 12.1 Å². The van der Waals surface area contributed by atoms with Crippen LogP contribution in [0.1, 0.15) is 54.9 Å². The maximum absolute atomic E-state index is 11.8. The third kappa shape index (κ3) is 4.94. The molecule has 0 unspecified atom stereocenters. The van der Waals surface area contributed by atoms with Gasteiger partial charge in [-0.15, -0.1) is 0 Å². The van der Waals surface area contributed by atoms with Crippen molar-refractivity contribution in [3.63, 3.8) is 0 Å². The minimum atomic E-state index is -0.0634. The SMILES string of the molecule is CCCCCC(=O)CC(=O)c1ccc(C)cc1. The summed E-state index contributed by atoms with van der Waals surface area (Å²) in [6.45, 7) is 4.08. The maximum Gasteiger partial charge on any atom is 0.170 e. The van der Waals surface area contributed by atoms with Gasteiger partial charge in [-0.05, 0) is 13.3 Å². The molecule has 17 heavy (non-hydrogen) atoms. The zero-order chi connectivity index (χ0) is 12.7. The van der Waals surface area contributed by atoms with Crippen LogP contribution < -0.4 is 0 Å². The van der Waals surface area contributed by atoms with Crippen molar-refractivity contribution in [1.29, 1.82) is 0 Å². The molecule has 0 N–H and O–H groups in total. The van der Waals surface area contributed by atoms with Crippen LogP contribution in [0, 0.1) is 6.92 Å². The molecule has 0 saturated carbocycles. The Bertz CT molecular complexity index is 376. The number of hydrogen-bond acceptors (Lipinski definition) is 2. The van der Waals surface area contributed by atoms with Crippen LogP contribution in [-0.2, 0) is 4.79 Å². The van der Waals surface area contributed by atoms with Gasteiger partial charge in [0.2, 0.25) is 0 Å². The standard InChI is InChI=1S/C15H20O2/c1-3-4-5-6-14(16)11-15(17)13-9-7-12(2)8-10-13/h7-10H,3-6,11H2,1-2H3. The van der Waals surface area contributed by atoms with Gasteiger partial charge in [-0.1, -0.05) is 49.6 Å². The lowest BCUT2D eigenvalue weighted by Gasteiger charge is -2.01. The smallest absolute Gasteiger partial charge is 0.170 e. The van der Waals surface area contributed by atoms with E-state index in [-0.39, 0.29) is 18.0 Å². The highest BCUT2D eigenvalue weighted by Gasteiger charge is 2.11. The lowest BCUT2D eigenvalue weighted by molar-refractivity contribution is -0.118. The molecule has 0 fully saturated rings. The fourth-order valence-corrected chi connectivity index (χ4v) is 1.68. The van der Waals surface area contributed by atoms with Gasteiger partial charge in [0.1, 0.15) is 5.78 Å². The molecule has 0 aliphatic rings. The third-order valence-electron chi connectivity index (χ3n) is 2.79. The number of aryl methyl sites for hydroxylation is 1. The molecule has 0 amide bonds. The average molecular weight is 232 g/mol. The highest BCUT2D eigenvalue weighted by atomic mass is 16.1. The highest BCUT2D eigenvalue weighted by Crippen LogP contribution is 2.09. The number of carbonyl (C=O) groups excluding carboxylic acids is 2. The summed E-state index contributed by atoms with van der Waals surface area (Å²) in [6, 6.07) is 7.37. The number of rotatable bonds is 7. The van der Waals surface area contributed by atoms with Gasteiger partial charge < -0.3 is 0 Å². The summed E-state index contributed by atoms with van der Waals surface area (Å²) in [5.74, 6) is -0.00414. The second-order valence-electron chi connectivity index (χ2n) is 4.46. The topological polar surface area (TPSA) is 34.1 Å². The van der Waals surface area contributed by atoms with Crippen molar-refractivity contribution in [2.45, 2.75) is 46.0 Å². The van der Waals surface area contributed by atoms with Crippen LogP contribution in [-0.4, -0.2) is 11.6 Å². The monoisotopic (exact) mass is 232 g/mol. The van der Waals surface area contributed by atoms with E-state index in [9.17, 15) is 9.59 Å². The van der Waals surface area contributed by atoms with Gasteiger partial charge >= 0.3 is 0 Å². The van der Waals surface area contributed by atoms with Gasteiger partial charge in [0, 0.05) is 12.0 Å². The first-order valence-corrected chi connectivity index (χ1v) is 6.25. The summed E-state index contributed by atoms with van der Waals surface area (Å²) >= 11 is 0. The van der Waals surface area contributed by atoms with Crippen molar-refractivity contribution in [3.8, 4) is 0 Å². The molecule has 0 aliphatic heterocycles. The molecule has 2 heteroatoms. The number of hydrogen-bond donors (Lipinski definition) is 0. The molecular formula is C15H20O2. The van der Waals surface area contributed by atoms with Gasteiger partial charge in [-0.3, -0.25) is 9.59 Å². The minimum absolute atomic E-state index is 0.0484. The van der Waals surface area contributed by atoms with E-state index in [2.05, 4.69) is 6.92 Å². The van der Waals surface area contributed by atoms with Gasteiger partial charge in [0.15, 0.2) is 5.78 Å². The van der Waals surface area contributed by atoms with Crippen LogP contribution in [0.15, 0.2) is 24.3 Å². The molecule has 0 heterocycles. The first kappa shape index (κ1) is 13.6. The molecule has 92 valence electrons. The second-order valence-corrected chi connectivity index (χ2v) is 4.46. The van der Waals surface area contributed by atoms with E-state index in [0.717, 1.165) is 24.8 Å². The highest BCUT2D eigenvalue weighted by molar-refractivity contribution is 6.07. The molecule has 0 radical (unpaired) electrons. The first-order valence-electron chi connectivity index (χ1n) is 6.25. The molecule has 0 aromatic heterocycles. The van der Waals surface area contributed by atoms with Crippen molar-refractivity contribution in [2.75, 3.05) is 0 Å². The van der Waals surface area contributed by atoms with Crippen LogP contribution in [0.3, 0.4) is 0 Å². The van der Waals surface area contributed by atoms with Gasteiger partial charge in [-0.25, -0.2) is 0 Å². The van der Waals surface area contributed by atoms with E-state index < -0.39 is 0 Å². The Morgan fingerprint density at radius 3 is 2.29 bits per heavy atom. The van der Waals surface area contributed by atoms with Crippen molar-refractivity contribution in [1.82, 2.24) is 0 Å². The van der Waals surface area contributed by atoms with Crippen LogP contribution in [0.5, 0.6) is 0 Å². The molecule has 0 aliphatic carbocycles. The van der Waals surface area contributed by atoms with Crippen molar-refractivity contribution in [2.24, 2.45) is 0 Å². The van der Waals surface area contributed by atoms with E-state index in [4.69, 9.17) is 0 Å². The first-order chi connectivity index (χ1) is 8.13. The lowest BCUT2D eigenvalue weighted by Crippen LogP contribution is -2.08. The summed E-state index contributed by atoms with van der Waals surface area (Å²) in [5, 5.41) is 0. The molecule has 1 rings (SSSR count). The lowest BCUT2D eigenvalue weighted by atomic mass is 10.0. The fourth-order valence-electron chi connectivity index (χ4n) is 1.68. The zero-order valence-corrected chi connectivity index (χ0v) is 10.7. The van der Waals surface area contributed by atoms with Crippen LogP contribution in [0.4, 0.5) is 0 Å². The Morgan fingerprint density at radius 1 is 1.06 bits per heavy atom. The molecule has 0 bridgehead atoms. The van der Waals surface area contributed by atoms with Crippen LogP contribution in [0.25, 0.3) is 0 Å². The summed E-state index contributed by atoms with van der Waals surface area (Å²) in [7, 11) is 0. The Kier molecular flexibility index (Phi) is 5.61. The Morgan fingerprint density at radius 2 is 1.71 bits per heavy atom. The van der Waals surface area contributed by atoms with Gasteiger partial charge in [0.05, 0.1) is 6.42 Å². The van der Waals surface area contributed by atoms with Crippen molar-refractivity contribution in [3.05, 3.63) is 35.4 Å². The van der Waals surface area contributed by atoms with E-state index in [1.807, 2.05) is 19.1 Å². The van der Waals surface area contributed by atoms with E-state index in [0.29, 0.717) is 12.0 Å². The average Bonchev–Trinajstić information content (AvgIpc) is 2.30. The minimum Gasteiger partial charge on any atom is -0.299 e. The fraction of sp³-hybridized carbons (Fsp3) is 0.467. The third-order valence-corrected chi connectivity index (χ3v) is 2.79. The number of unbranched alkanes of at least 4 members (excludes halogenated alkanes) is 2. The molecule has 1 aromatic rings. The summed E-state index contributed by atoms with van der Waals surface area (Å²) < 4.78 is 0. The van der Waals surface area contributed by atoms with Gasteiger partial charge in [0.25, 0.3) is 0 Å². The second kappa shape index (κ2) is 7.00. The van der Waals surface area contributed by atoms with Crippen molar-refractivity contribution >= 4 is 11.6 Å². The number of ketones is 2. The number of carbonyl (C=O) groups is 2. The van der Waals surface area contributed by atoms with Crippen molar-refractivity contribution < 1.29 is 9.59 Å². The van der Waals surface area contributed by atoms with Crippen LogP contribution in [0.2, 0.25) is 0 Å².